The normalized spacial score (nSPS) is 22.3. The number of carbonyl (C=O) groups is 2. The van der Waals surface area contributed by atoms with Crippen molar-refractivity contribution < 1.29 is 14.3 Å². The lowest BCUT2D eigenvalue weighted by Crippen LogP contribution is -2.54. The summed E-state index contributed by atoms with van der Waals surface area (Å²) in [5.41, 5.74) is -0.755. The SMILES string of the molecule is COCCNC(=O)[C@@]1(C)CCC(=O)N1Cc1cccs1. The zero-order chi connectivity index (χ0) is 14.6. The van der Waals surface area contributed by atoms with E-state index in [2.05, 4.69) is 5.32 Å². The fourth-order valence-electron chi connectivity index (χ4n) is 2.41. The third kappa shape index (κ3) is 3.02. The van der Waals surface area contributed by atoms with Crippen LogP contribution in [0.4, 0.5) is 0 Å². The fourth-order valence-corrected chi connectivity index (χ4v) is 3.10. The van der Waals surface area contributed by atoms with Gasteiger partial charge in [-0.2, -0.15) is 0 Å². The van der Waals surface area contributed by atoms with Crippen molar-refractivity contribution in [2.75, 3.05) is 20.3 Å². The van der Waals surface area contributed by atoms with Crippen LogP contribution in [-0.2, 0) is 20.9 Å². The molecule has 1 aromatic rings. The highest BCUT2D eigenvalue weighted by Gasteiger charge is 2.47. The van der Waals surface area contributed by atoms with E-state index in [1.807, 2.05) is 24.4 Å². The molecule has 0 unspecified atom stereocenters. The van der Waals surface area contributed by atoms with E-state index in [1.165, 1.54) is 0 Å². The van der Waals surface area contributed by atoms with Crippen molar-refractivity contribution in [3.05, 3.63) is 22.4 Å². The lowest BCUT2D eigenvalue weighted by molar-refractivity contribution is -0.141. The Labute approximate surface area is 122 Å². The lowest BCUT2D eigenvalue weighted by Gasteiger charge is -2.33. The summed E-state index contributed by atoms with van der Waals surface area (Å²) in [6.45, 7) is 3.28. The molecule has 2 amide bonds. The Morgan fingerprint density at radius 1 is 1.60 bits per heavy atom. The Morgan fingerprint density at radius 2 is 2.40 bits per heavy atom. The van der Waals surface area contributed by atoms with Gasteiger partial charge in [-0.1, -0.05) is 6.07 Å². The second kappa shape index (κ2) is 6.37. The van der Waals surface area contributed by atoms with E-state index in [0.29, 0.717) is 32.5 Å². The van der Waals surface area contributed by atoms with Crippen LogP contribution in [0.5, 0.6) is 0 Å². The Kier molecular flexibility index (Phi) is 4.77. The van der Waals surface area contributed by atoms with Gasteiger partial charge in [0.1, 0.15) is 5.54 Å². The third-order valence-corrected chi connectivity index (χ3v) is 4.56. The third-order valence-electron chi connectivity index (χ3n) is 3.70. The first-order valence-electron chi connectivity index (χ1n) is 6.68. The van der Waals surface area contributed by atoms with Crippen molar-refractivity contribution in [1.82, 2.24) is 10.2 Å². The molecule has 2 heterocycles. The maximum atomic E-state index is 12.4. The molecule has 0 radical (unpaired) electrons. The van der Waals surface area contributed by atoms with Crippen LogP contribution in [0.15, 0.2) is 17.5 Å². The Morgan fingerprint density at radius 3 is 3.05 bits per heavy atom. The van der Waals surface area contributed by atoms with Gasteiger partial charge in [0.05, 0.1) is 13.2 Å². The number of hydrogen-bond donors (Lipinski definition) is 1. The highest BCUT2D eigenvalue weighted by Crippen LogP contribution is 2.32. The molecule has 5 nitrogen and oxygen atoms in total. The summed E-state index contributed by atoms with van der Waals surface area (Å²) in [5, 5.41) is 4.82. The zero-order valence-electron chi connectivity index (χ0n) is 11.8. The molecule has 1 saturated heterocycles. The van der Waals surface area contributed by atoms with Crippen molar-refractivity contribution in [2.45, 2.75) is 31.8 Å². The number of nitrogens with zero attached hydrogens (tertiary/aromatic N) is 1. The van der Waals surface area contributed by atoms with Crippen molar-refractivity contribution in [3.8, 4) is 0 Å². The second-order valence-electron chi connectivity index (χ2n) is 5.08. The van der Waals surface area contributed by atoms with Gasteiger partial charge in [0.2, 0.25) is 11.8 Å². The number of ether oxygens (including phenoxy) is 1. The quantitative estimate of drug-likeness (QED) is 0.807. The number of carbonyl (C=O) groups excluding carboxylic acids is 2. The van der Waals surface area contributed by atoms with E-state index < -0.39 is 5.54 Å². The molecule has 0 saturated carbocycles. The second-order valence-corrected chi connectivity index (χ2v) is 6.11. The topological polar surface area (TPSA) is 58.6 Å². The van der Waals surface area contributed by atoms with Crippen LogP contribution in [0.25, 0.3) is 0 Å². The van der Waals surface area contributed by atoms with Crippen LogP contribution < -0.4 is 5.32 Å². The number of nitrogens with one attached hydrogen (secondary N) is 1. The Balaban J connectivity index is 2.07. The molecule has 1 aromatic heterocycles. The largest absolute Gasteiger partial charge is 0.383 e. The molecule has 0 bridgehead atoms. The van der Waals surface area contributed by atoms with Crippen LogP contribution in [0.2, 0.25) is 0 Å². The molecule has 0 spiro atoms. The maximum Gasteiger partial charge on any atom is 0.245 e. The van der Waals surface area contributed by atoms with Gasteiger partial charge in [-0.05, 0) is 24.8 Å². The van der Waals surface area contributed by atoms with Gasteiger partial charge in [0, 0.05) is 25.0 Å². The standard InChI is InChI=1S/C14H20N2O3S/c1-14(13(18)15-7-8-19-2)6-5-12(17)16(14)10-11-4-3-9-20-11/h3-4,9H,5-8,10H2,1-2H3,(H,15,18)/t14-/m1/s1. The Bertz CT molecular complexity index is 475. The highest BCUT2D eigenvalue weighted by molar-refractivity contribution is 7.09. The predicted octanol–water partition coefficient (Wildman–Crippen LogP) is 1.39. The van der Waals surface area contributed by atoms with Crippen LogP contribution in [0, 0.1) is 0 Å². The molecule has 0 aromatic carbocycles. The average Bonchev–Trinajstić information content (AvgIpc) is 3.03. The van der Waals surface area contributed by atoms with Gasteiger partial charge < -0.3 is 15.0 Å². The van der Waals surface area contributed by atoms with E-state index in [-0.39, 0.29) is 11.8 Å². The van der Waals surface area contributed by atoms with Gasteiger partial charge in [-0.15, -0.1) is 11.3 Å². The monoisotopic (exact) mass is 296 g/mol. The summed E-state index contributed by atoms with van der Waals surface area (Å²) >= 11 is 1.60. The first-order chi connectivity index (χ1) is 9.58. The van der Waals surface area contributed by atoms with Crippen molar-refractivity contribution in [2.24, 2.45) is 0 Å². The smallest absolute Gasteiger partial charge is 0.245 e. The first kappa shape index (κ1) is 15.0. The fraction of sp³-hybridized carbons (Fsp3) is 0.571. The molecular weight excluding hydrogens is 276 g/mol. The van der Waals surface area contributed by atoms with Crippen LogP contribution >= 0.6 is 11.3 Å². The molecule has 2 rings (SSSR count). The van der Waals surface area contributed by atoms with E-state index in [1.54, 1.807) is 23.3 Å². The molecule has 1 aliphatic rings. The van der Waals surface area contributed by atoms with Gasteiger partial charge >= 0.3 is 0 Å². The number of amides is 2. The van der Waals surface area contributed by atoms with Gasteiger partial charge in [0.15, 0.2) is 0 Å². The van der Waals surface area contributed by atoms with Crippen LogP contribution in [0.1, 0.15) is 24.6 Å². The van der Waals surface area contributed by atoms with Crippen molar-refractivity contribution >= 4 is 23.2 Å². The maximum absolute atomic E-state index is 12.4. The van der Waals surface area contributed by atoms with Crippen LogP contribution in [-0.4, -0.2) is 42.5 Å². The van der Waals surface area contributed by atoms with Gasteiger partial charge in [0.25, 0.3) is 0 Å². The van der Waals surface area contributed by atoms with Gasteiger partial charge in [-0.3, -0.25) is 9.59 Å². The number of rotatable bonds is 6. The molecule has 1 aliphatic heterocycles. The molecule has 1 N–H and O–H groups in total. The molecular formula is C14H20N2O3S. The van der Waals surface area contributed by atoms with Crippen molar-refractivity contribution in [1.29, 1.82) is 0 Å². The predicted molar refractivity (Wildman–Crippen MR) is 77.4 cm³/mol. The summed E-state index contributed by atoms with van der Waals surface area (Å²) in [7, 11) is 1.59. The molecule has 110 valence electrons. The van der Waals surface area contributed by atoms with E-state index in [0.717, 1.165) is 4.88 Å². The van der Waals surface area contributed by atoms with E-state index in [4.69, 9.17) is 4.74 Å². The molecule has 1 fully saturated rings. The first-order valence-corrected chi connectivity index (χ1v) is 7.56. The highest BCUT2D eigenvalue weighted by atomic mass is 32.1. The summed E-state index contributed by atoms with van der Waals surface area (Å²) in [5.74, 6) is -0.0558. The molecule has 6 heteroatoms. The average molecular weight is 296 g/mol. The van der Waals surface area contributed by atoms with Crippen molar-refractivity contribution in [3.63, 3.8) is 0 Å². The molecule has 1 atom stereocenters. The minimum Gasteiger partial charge on any atom is -0.383 e. The summed E-state index contributed by atoms with van der Waals surface area (Å²) in [6, 6.07) is 3.94. The summed E-state index contributed by atoms with van der Waals surface area (Å²) in [6.07, 6.45) is 0.996. The lowest BCUT2D eigenvalue weighted by atomic mass is 9.97. The number of likely N-dealkylation sites (tertiary alicyclic amines) is 1. The van der Waals surface area contributed by atoms with E-state index in [9.17, 15) is 9.59 Å². The number of thiophene rings is 1. The molecule has 0 aliphatic carbocycles. The summed E-state index contributed by atoms with van der Waals surface area (Å²) in [4.78, 5) is 27.2. The van der Waals surface area contributed by atoms with Crippen LogP contribution in [0.3, 0.4) is 0 Å². The minimum absolute atomic E-state index is 0.0443. The zero-order valence-corrected chi connectivity index (χ0v) is 12.7. The van der Waals surface area contributed by atoms with E-state index >= 15 is 0 Å². The molecule has 20 heavy (non-hydrogen) atoms. The Hall–Kier alpha value is -1.40. The number of methoxy groups -OCH3 is 1. The van der Waals surface area contributed by atoms with Gasteiger partial charge in [-0.25, -0.2) is 0 Å². The number of hydrogen-bond acceptors (Lipinski definition) is 4. The summed E-state index contributed by atoms with van der Waals surface area (Å²) < 4.78 is 4.93. The minimum atomic E-state index is -0.755.